The van der Waals surface area contributed by atoms with E-state index in [1.807, 2.05) is 0 Å². The first-order valence-electron chi connectivity index (χ1n) is 4.00. The monoisotopic (exact) mass is 182 g/mol. The number of aliphatic hydroxyl groups is 1. The zero-order valence-corrected chi connectivity index (χ0v) is 7.53. The predicted molar refractivity (Wildman–Crippen MR) is 51.4 cm³/mol. The molecule has 0 spiro atoms. The average molecular weight is 182 g/mol. The second-order valence-electron chi connectivity index (χ2n) is 2.75. The molecule has 1 unspecified atom stereocenters. The summed E-state index contributed by atoms with van der Waals surface area (Å²) < 4.78 is 4.98. The highest BCUT2D eigenvalue weighted by molar-refractivity contribution is 5.54. The minimum absolute atomic E-state index is 0.186. The van der Waals surface area contributed by atoms with E-state index in [2.05, 4.69) is 0 Å². The van der Waals surface area contributed by atoms with Crippen molar-refractivity contribution in [1.82, 2.24) is 0 Å². The normalized spacial score (nSPS) is 12.5. The molecule has 0 saturated heterocycles. The van der Waals surface area contributed by atoms with Crippen molar-refractivity contribution in [2.24, 2.45) is 5.73 Å². The summed E-state index contributed by atoms with van der Waals surface area (Å²) in [5.41, 5.74) is 12.2. The molecule has 0 aliphatic rings. The molecule has 0 aromatic heterocycles. The van der Waals surface area contributed by atoms with Crippen molar-refractivity contribution in [3.63, 3.8) is 0 Å². The lowest BCUT2D eigenvalue weighted by Crippen LogP contribution is -2.11. The van der Waals surface area contributed by atoms with Crippen molar-refractivity contribution in [3.05, 3.63) is 23.8 Å². The van der Waals surface area contributed by atoms with E-state index in [1.165, 1.54) is 0 Å². The molecule has 4 nitrogen and oxygen atoms in total. The van der Waals surface area contributed by atoms with Crippen LogP contribution >= 0.6 is 0 Å². The summed E-state index contributed by atoms with van der Waals surface area (Å²) in [6.07, 6.45) is -0.659. The van der Waals surface area contributed by atoms with E-state index in [1.54, 1.807) is 25.3 Å². The Kier molecular flexibility index (Phi) is 3.11. The number of nitrogens with two attached hydrogens (primary N) is 2. The van der Waals surface area contributed by atoms with Crippen LogP contribution in [0.5, 0.6) is 5.75 Å². The Morgan fingerprint density at radius 2 is 2.23 bits per heavy atom. The first kappa shape index (κ1) is 9.83. The molecule has 4 heteroatoms. The molecule has 1 rings (SSSR count). The van der Waals surface area contributed by atoms with Gasteiger partial charge in [-0.15, -0.1) is 0 Å². The molecule has 1 aromatic rings. The quantitative estimate of drug-likeness (QED) is 0.586. The molecule has 0 aliphatic heterocycles. The average Bonchev–Trinajstić information content (AvgIpc) is 2.16. The lowest BCUT2D eigenvalue weighted by molar-refractivity contribution is 0.186. The van der Waals surface area contributed by atoms with E-state index >= 15 is 0 Å². The SMILES string of the molecule is COc1ccc(C(O)CN)cc1N. The van der Waals surface area contributed by atoms with Gasteiger partial charge in [-0.3, -0.25) is 0 Å². The third-order valence-electron chi connectivity index (χ3n) is 1.86. The van der Waals surface area contributed by atoms with Crippen molar-refractivity contribution in [2.45, 2.75) is 6.10 Å². The van der Waals surface area contributed by atoms with Crippen LogP contribution in [0.2, 0.25) is 0 Å². The van der Waals surface area contributed by atoms with Crippen molar-refractivity contribution in [1.29, 1.82) is 0 Å². The Morgan fingerprint density at radius 3 is 2.69 bits per heavy atom. The number of nitrogen functional groups attached to an aromatic ring is 1. The number of anilines is 1. The standard InChI is InChI=1S/C9H14N2O2/c1-13-9-3-2-6(4-7(9)11)8(12)5-10/h2-4,8,12H,5,10-11H2,1H3. The molecule has 13 heavy (non-hydrogen) atoms. The number of hydrogen-bond acceptors (Lipinski definition) is 4. The Bertz CT molecular complexity index is 289. The van der Waals surface area contributed by atoms with Crippen molar-refractivity contribution >= 4 is 5.69 Å². The van der Waals surface area contributed by atoms with Gasteiger partial charge in [0.1, 0.15) is 5.75 Å². The molecule has 1 aromatic carbocycles. The molecular formula is C9H14N2O2. The van der Waals surface area contributed by atoms with Gasteiger partial charge >= 0.3 is 0 Å². The van der Waals surface area contributed by atoms with Gasteiger partial charge in [-0.05, 0) is 17.7 Å². The fraction of sp³-hybridized carbons (Fsp3) is 0.333. The van der Waals surface area contributed by atoms with E-state index in [0.717, 1.165) is 0 Å². The first-order chi connectivity index (χ1) is 6.19. The fourth-order valence-electron chi connectivity index (χ4n) is 1.10. The molecule has 0 radical (unpaired) electrons. The van der Waals surface area contributed by atoms with Gasteiger partial charge in [-0.1, -0.05) is 6.07 Å². The van der Waals surface area contributed by atoms with Crippen LogP contribution in [-0.2, 0) is 0 Å². The second-order valence-corrected chi connectivity index (χ2v) is 2.75. The zero-order chi connectivity index (χ0) is 9.84. The summed E-state index contributed by atoms with van der Waals surface area (Å²) in [4.78, 5) is 0. The molecule has 0 aliphatic carbocycles. The molecular weight excluding hydrogens is 168 g/mol. The summed E-state index contributed by atoms with van der Waals surface area (Å²) in [6, 6.07) is 5.12. The minimum Gasteiger partial charge on any atom is -0.495 e. The summed E-state index contributed by atoms with van der Waals surface area (Å²) in [7, 11) is 1.55. The maximum absolute atomic E-state index is 9.40. The number of rotatable bonds is 3. The van der Waals surface area contributed by atoms with Crippen LogP contribution in [0.4, 0.5) is 5.69 Å². The largest absolute Gasteiger partial charge is 0.495 e. The smallest absolute Gasteiger partial charge is 0.141 e. The number of aliphatic hydroxyl groups excluding tert-OH is 1. The van der Waals surface area contributed by atoms with Gasteiger partial charge in [0.05, 0.1) is 18.9 Å². The van der Waals surface area contributed by atoms with Gasteiger partial charge < -0.3 is 21.3 Å². The molecule has 5 N–H and O–H groups in total. The Balaban J connectivity index is 2.95. The maximum Gasteiger partial charge on any atom is 0.141 e. The van der Waals surface area contributed by atoms with E-state index in [-0.39, 0.29) is 6.54 Å². The predicted octanol–water partition coefficient (Wildman–Crippen LogP) is 0.270. The van der Waals surface area contributed by atoms with Crippen molar-refractivity contribution in [3.8, 4) is 5.75 Å². The molecule has 0 amide bonds. The van der Waals surface area contributed by atoms with Gasteiger partial charge in [0.15, 0.2) is 0 Å². The van der Waals surface area contributed by atoms with Gasteiger partial charge in [0.25, 0.3) is 0 Å². The third-order valence-corrected chi connectivity index (χ3v) is 1.86. The summed E-state index contributed by atoms with van der Waals surface area (Å²) in [6.45, 7) is 0.186. The van der Waals surface area contributed by atoms with Crippen molar-refractivity contribution < 1.29 is 9.84 Å². The molecule has 72 valence electrons. The van der Waals surface area contributed by atoms with Gasteiger partial charge in [-0.2, -0.15) is 0 Å². The fourth-order valence-corrected chi connectivity index (χ4v) is 1.10. The Morgan fingerprint density at radius 1 is 1.54 bits per heavy atom. The highest BCUT2D eigenvalue weighted by Crippen LogP contribution is 2.24. The van der Waals surface area contributed by atoms with Crippen LogP contribution in [0.1, 0.15) is 11.7 Å². The van der Waals surface area contributed by atoms with E-state index in [9.17, 15) is 5.11 Å². The topological polar surface area (TPSA) is 81.5 Å². The summed E-state index contributed by atoms with van der Waals surface area (Å²) in [5, 5.41) is 9.40. The maximum atomic E-state index is 9.40. The summed E-state index contributed by atoms with van der Waals surface area (Å²) >= 11 is 0. The molecule has 0 bridgehead atoms. The van der Waals surface area contributed by atoms with E-state index < -0.39 is 6.10 Å². The lowest BCUT2D eigenvalue weighted by atomic mass is 10.1. The number of methoxy groups -OCH3 is 1. The van der Waals surface area contributed by atoms with Crippen LogP contribution < -0.4 is 16.2 Å². The first-order valence-corrected chi connectivity index (χ1v) is 4.00. The number of benzene rings is 1. The Labute approximate surface area is 77.1 Å². The molecule has 0 fully saturated rings. The molecule has 0 saturated carbocycles. The minimum atomic E-state index is -0.659. The van der Waals surface area contributed by atoms with E-state index in [0.29, 0.717) is 17.0 Å². The third kappa shape index (κ3) is 2.11. The van der Waals surface area contributed by atoms with E-state index in [4.69, 9.17) is 16.2 Å². The van der Waals surface area contributed by atoms with Gasteiger partial charge in [-0.25, -0.2) is 0 Å². The zero-order valence-electron chi connectivity index (χ0n) is 7.53. The Hall–Kier alpha value is -1.26. The van der Waals surface area contributed by atoms with Gasteiger partial charge in [0, 0.05) is 6.54 Å². The summed E-state index contributed by atoms with van der Waals surface area (Å²) in [5.74, 6) is 0.605. The molecule has 0 heterocycles. The molecule has 1 atom stereocenters. The van der Waals surface area contributed by atoms with Crippen LogP contribution in [0, 0.1) is 0 Å². The second kappa shape index (κ2) is 4.11. The highest BCUT2D eigenvalue weighted by Gasteiger charge is 2.07. The van der Waals surface area contributed by atoms with Crippen LogP contribution in [-0.4, -0.2) is 18.8 Å². The highest BCUT2D eigenvalue weighted by atomic mass is 16.5. The van der Waals surface area contributed by atoms with Crippen LogP contribution in [0.15, 0.2) is 18.2 Å². The lowest BCUT2D eigenvalue weighted by Gasteiger charge is -2.10. The van der Waals surface area contributed by atoms with Crippen LogP contribution in [0.25, 0.3) is 0 Å². The van der Waals surface area contributed by atoms with Crippen molar-refractivity contribution in [2.75, 3.05) is 19.4 Å². The number of hydrogen-bond donors (Lipinski definition) is 3. The number of ether oxygens (including phenoxy) is 1. The van der Waals surface area contributed by atoms with Crippen LogP contribution in [0.3, 0.4) is 0 Å². The van der Waals surface area contributed by atoms with Gasteiger partial charge in [0.2, 0.25) is 0 Å².